The number of nitrogens with one attached hydrogen (secondary N) is 1. The highest BCUT2D eigenvalue weighted by Gasteiger charge is 2.32. The van der Waals surface area contributed by atoms with Crippen molar-refractivity contribution in [3.05, 3.63) is 23.9 Å². The fraction of sp³-hybridized carbons (Fsp3) is 0.455. The van der Waals surface area contributed by atoms with E-state index in [2.05, 4.69) is 10.3 Å². The number of pyridine rings is 1. The van der Waals surface area contributed by atoms with Crippen LogP contribution in [0.4, 0.5) is 13.2 Å². The lowest BCUT2D eigenvalue weighted by Gasteiger charge is -2.10. The fourth-order valence-corrected chi connectivity index (χ4v) is 1.92. The van der Waals surface area contributed by atoms with E-state index in [4.69, 9.17) is 5.73 Å². The minimum Gasteiger partial charge on any atom is -0.352 e. The van der Waals surface area contributed by atoms with Gasteiger partial charge in [-0.2, -0.15) is 13.2 Å². The molecule has 4 nitrogen and oxygen atoms in total. The summed E-state index contributed by atoms with van der Waals surface area (Å²) in [5.74, 6) is -0.558. The lowest BCUT2D eigenvalue weighted by Crippen LogP contribution is -2.26. The van der Waals surface area contributed by atoms with Crippen LogP contribution in [-0.4, -0.2) is 29.5 Å². The van der Waals surface area contributed by atoms with Gasteiger partial charge in [0.05, 0.1) is 5.56 Å². The molecule has 3 N–H and O–H groups in total. The first-order chi connectivity index (χ1) is 8.94. The summed E-state index contributed by atoms with van der Waals surface area (Å²) in [5.41, 5.74) is 0.758. The Balaban J connectivity index is 2.68. The molecule has 19 heavy (non-hydrogen) atoms. The van der Waals surface area contributed by atoms with Crippen LogP contribution in [0.25, 0.3) is 0 Å². The summed E-state index contributed by atoms with van der Waals surface area (Å²) in [6.07, 6.45) is 2.65. The number of thioether (sulfide) groups is 1. The molecule has 0 saturated heterocycles. The van der Waals surface area contributed by atoms with Crippen molar-refractivity contribution in [2.45, 2.75) is 23.4 Å². The molecule has 8 heteroatoms. The number of carbonyl (C=O) groups is 1. The number of unbranched alkanes of at least 4 members (excludes halogenated alkanes) is 1. The third-order valence-corrected chi connectivity index (χ3v) is 2.89. The Morgan fingerprint density at radius 3 is 2.79 bits per heavy atom. The highest BCUT2D eigenvalue weighted by Crippen LogP contribution is 2.37. The Morgan fingerprint density at radius 1 is 1.42 bits per heavy atom. The van der Waals surface area contributed by atoms with E-state index in [-0.39, 0.29) is 10.6 Å². The van der Waals surface area contributed by atoms with Crippen molar-refractivity contribution < 1.29 is 18.0 Å². The number of carbonyl (C=O) groups excluding carboxylic acids is 1. The number of hydrogen-bond acceptors (Lipinski definition) is 4. The Morgan fingerprint density at radius 2 is 2.16 bits per heavy atom. The van der Waals surface area contributed by atoms with E-state index in [1.807, 2.05) is 0 Å². The van der Waals surface area contributed by atoms with Crippen LogP contribution >= 0.6 is 11.8 Å². The van der Waals surface area contributed by atoms with E-state index < -0.39 is 23.2 Å². The Labute approximate surface area is 113 Å². The molecule has 0 radical (unpaired) electrons. The minimum atomic E-state index is -4.47. The van der Waals surface area contributed by atoms with Crippen LogP contribution in [0.5, 0.6) is 0 Å². The SMILES string of the molecule is NCCCCNC(=O)c1cccnc1SC(F)(F)F. The fourth-order valence-electron chi connectivity index (χ4n) is 1.32. The molecule has 0 saturated carbocycles. The van der Waals surface area contributed by atoms with Crippen molar-refractivity contribution in [2.75, 3.05) is 13.1 Å². The molecule has 0 atom stereocenters. The molecule has 0 spiro atoms. The van der Waals surface area contributed by atoms with Crippen LogP contribution in [-0.2, 0) is 0 Å². The molecule has 0 aliphatic rings. The number of aromatic nitrogens is 1. The zero-order valence-corrected chi connectivity index (χ0v) is 10.9. The quantitative estimate of drug-likeness (QED) is 0.623. The van der Waals surface area contributed by atoms with Gasteiger partial charge in [0, 0.05) is 24.5 Å². The van der Waals surface area contributed by atoms with Crippen molar-refractivity contribution in [3.63, 3.8) is 0 Å². The maximum atomic E-state index is 12.3. The van der Waals surface area contributed by atoms with Crippen LogP contribution in [0.1, 0.15) is 23.2 Å². The number of amides is 1. The summed E-state index contributed by atoms with van der Waals surface area (Å²) >= 11 is -0.393. The van der Waals surface area contributed by atoms with Gasteiger partial charge in [0.1, 0.15) is 5.03 Å². The van der Waals surface area contributed by atoms with Crippen molar-refractivity contribution in [1.29, 1.82) is 0 Å². The highest BCUT2D eigenvalue weighted by atomic mass is 32.2. The molecule has 0 unspecified atom stereocenters. The molecular weight excluding hydrogens is 279 g/mol. The van der Waals surface area contributed by atoms with Crippen LogP contribution < -0.4 is 11.1 Å². The topological polar surface area (TPSA) is 68.0 Å². The summed E-state index contributed by atoms with van der Waals surface area (Å²) in [6, 6.07) is 2.74. The maximum absolute atomic E-state index is 12.3. The molecule has 0 bridgehead atoms. The average Bonchev–Trinajstić information content (AvgIpc) is 2.33. The molecule has 0 aromatic carbocycles. The van der Waals surface area contributed by atoms with Gasteiger partial charge in [0.15, 0.2) is 0 Å². The van der Waals surface area contributed by atoms with E-state index in [0.717, 1.165) is 6.42 Å². The highest BCUT2D eigenvalue weighted by molar-refractivity contribution is 8.00. The Kier molecular flexibility index (Phi) is 6.10. The average molecular weight is 293 g/mol. The lowest BCUT2D eigenvalue weighted by atomic mass is 10.2. The minimum absolute atomic E-state index is 0.0717. The normalized spacial score (nSPS) is 11.4. The molecule has 1 amide bonds. The summed E-state index contributed by atoms with van der Waals surface area (Å²) in [7, 11) is 0. The van der Waals surface area contributed by atoms with Crippen LogP contribution in [0, 0.1) is 0 Å². The van der Waals surface area contributed by atoms with Crippen molar-refractivity contribution in [2.24, 2.45) is 5.73 Å². The molecule has 1 rings (SSSR count). The van der Waals surface area contributed by atoms with E-state index in [1.54, 1.807) is 0 Å². The largest absolute Gasteiger partial charge is 0.447 e. The zero-order chi connectivity index (χ0) is 14.3. The standard InChI is InChI=1S/C11H14F3N3OS/c12-11(13,14)19-10-8(4-3-7-17-10)9(18)16-6-2-1-5-15/h3-4,7H,1-2,5-6,15H2,(H,16,18). The summed E-state index contributed by atoms with van der Waals surface area (Å²) in [4.78, 5) is 15.3. The van der Waals surface area contributed by atoms with Crippen molar-refractivity contribution >= 4 is 17.7 Å². The van der Waals surface area contributed by atoms with Gasteiger partial charge in [-0.25, -0.2) is 4.98 Å². The van der Waals surface area contributed by atoms with E-state index in [0.29, 0.717) is 19.5 Å². The van der Waals surface area contributed by atoms with Crippen LogP contribution in [0.3, 0.4) is 0 Å². The Hall–Kier alpha value is -1.28. The second-order valence-electron chi connectivity index (χ2n) is 3.66. The summed E-state index contributed by atoms with van der Waals surface area (Å²) in [5, 5.41) is 2.20. The predicted octanol–water partition coefficient (Wildman–Crippen LogP) is 2.16. The predicted molar refractivity (Wildman–Crippen MR) is 66.8 cm³/mol. The van der Waals surface area contributed by atoms with E-state index >= 15 is 0 Å². The van der Waals surface area contributed by atoms with Crippen molar-refractivity contribution in [3.8, 4) is 0 Å². The van der Waals surface area contributed by atoms with Gasteiger partial charge in [0.25, 0.3) is 5.91 Å². The number of hydrogen-bond donors (Lipinski definition) is 2. The third kappa shape index (κ3) is 5.93. The van der Waals surface area contributed by atoms with Crippen molar-refractivity contribution in [1.82, 2.24) is 10.3 Å². The monoisotopic (exact) mass is 293 g/mol. The van der Waals surface area contributed by atoms with Gasteiger partial charge in [-0.05, 0) is 31.5 Å². The van der Waals surface area contributed by atoms with Gasteiger partial charge >= 0.3 is 5.51 Å². The molecule has 1 heterocycles. The third-order valence-electron chi connectivity index (χ3n) is 2.14. The summed E-state index contributed by atoms with van der Waals surface area (Å²) in [6.45, 7) is 0.888. The molecule has 106 valence electrons. The number of nitrogens with zero attached hydrogens (tertiary/aromatic N) is 1. The zero-order valence-electron chi connectivity index (χ0n) is 10.0. The first-order valence-corrected chi connectivity index (χ1v) is 6.44. The molecule has 0 aliphatic carbocycles. The molecule has 1 aromatic rings. The second kappa shape index (κ2) is 7.34. The lowest BCUT2D eigenvalue weighted by molar-refractivity contribution is -0.0329. The van der Waals surface area contributed by atoms with Gasteiger partial charge in [0.2, 0.25) is 0 Å². The van der Waals surface area contributed by atoms with Crippen LogP contribution in [0.15, 0.2) is 23.4 Å². The van der Waals surface area contributed by atoms with Gasteiger partial charge in [-0.3, -0.25) is 4.79 Å². The Bertz CT molecular complexity index is 426. The number of rotatable bonds is 6. The number of halogens is 3. The number of nitrogens with two attached hydrogens (primary N) is 1. The molecule has 0 aliphatic heterocycles. The van der Waals surface area contributed by atoms with Crippen LogP contribution in [0.2, 0.25) is 0 Å². The van der Waals surface area contributed by atoms with Gasteiger partial charge in [-0.1, -0.05) is 0 Å². The molecular formula is C11H14F3N3OS. The first kappa shape index (κ1) is 15.8. The van der Waals surface area contributed by atoms with Gasteiger partial charge in [-0.15, -0.1) is 0 Å². The van der Waals surface area contributed by atoms with E-state index in [1.165, 1.54) is 18.3 Å². The molecule has 0 fully saturated rings. The second-order valence-corrected chi connectivity index (χ2v) is 4.71. The smallest absolute Gasteiger partial charge is 0.352 e. The maximum Gasteiger partial charge on any atom is 0.447 e. The molecule has 1 aromatic heterocycles. The number of alkyl halides is 3. The van der Waals surface area contributed by atoms with E-state index in [9.17, 15) is 18.0 Å². The first-order valence-electron chi connectivity index (χ1n) is 5.63. The summed E-state index contributed by atoms with van der Waals surface area (Å²) < 4.78 is 36.9. The van der Waals surface area contributed by atoms with Gasteiger partial charge < -0.3 is 11.1 Å².